The summed E-state index contributed by atoms with van der Waals surface area (Å²) >= 11 is 0. The summed E-state index contributed by atoms with van der Waals surface area (Å²) in [7, 11) is 0. The lowest BCUT2D eigenvalue weighted by molar-refractivity contribution is -0.385. The zero-order chi connectivity index (χ0) is 24.4. The number of aryl methyl sites for hydroxylation is 2. The van der Waals surface area contributed by atoms with E-state index in [1.165, 1.54) is 24.5 Å². The van der Waals surface area contributed by atoms with Crippen LogP contribution in [0.25, 0.3) is 0 Å². The van der Waals surface area contributed by atoms with Crippen LogP contribution in [0.5, 0.6) is 0 Å². The molecule has 2 aromatic carbocycles. The molecular weight excluding hydrogens is 444 g/mol. The summed E-state index contributed by atoms with van der Waals surface area (Å²) in [4.78, 5) is 43.6. The van der Waals surface area contributed by atoms with Crippen LogP contribution in [0.1, 0.15) is 11.1 Å². The topological polar surface area (TPSA) is 144 Å². The molecule has 0 heterocycles. The first-order chi connectivity index (χ1) is 14.7. The van der Waals surface area contributed by atoms with Gasteiger partial charge in [0.25, 0.3) is 11.4 Å². The first-order valence-electron chi connectivity index (χ1n) is 8.57. The van der Waals surface area contributed by atoms with E-state index in [2.05, 4.69) is 0 Å². The maximum Gasteiger partial charge on any atom is 0.396 e. The summed E-state index contributed by atoms with van der Waals surface area (Å²) in [5, 5.41) is 24.5. The molecular formula is C18H14F4N4O6. The van der Waals surface area contributed by atoms with Crippen molar-refractivity contribution >= 4 is 34.6 Å². The van der Waals surface area contributed by atoms with Gasteiger partial charge in [0, 0.05) is 24.3 Å². The number of nitro groups is 2. The summed E-state index contributed by atoms with van der Waals surface area (Å²) in [6, 6.07) is 5.59. The standard InChI is InChI=1S/C18H14F4N4O6/c1-9-3-5-11(25(29)30)7-13(9)23-15(27)17(19,20)18(21,22)16(28)24-14-8-12(26(31)32)6-4-10(14)2/h3-8H,1-2H3,(H,23,27)(H,24,28). The minimum atomic E-state index is -5.58. The number of benzene rings is 2. The quantitative estimate of drug-likeness (QED) is 0.365. The van der Waals surface area contributed by atoms with Gasteiger partial charge in [0.15, 0.2) is 0 Å². The van der Waals surface area contributed by atoms with Gasteiger partial charge < -0.3 is 10.6 Å². The second-order valence-corrected chi connectivity index (χ2v) is 6.57. The molecule has 170 valence electrons. The molecule has 0 saturated heterocycles. The summed E-state index contributed by atoms with van der Waals surface area (Å²) in [6.07, 6.45) is 0. The van der Waals surface area contributed by atoms with E-state index in [-0.39, 0.29) is 11.1 Å². The lowest BCUT2D eigenvalue weighted by atomic mass is 10.1. The molecule has 2 N–H and O–H groups in total. The van der Waals surface area contributed by atoms with Crippen LogP contribution >= 0.6 is 0 Å². The third-order valence-corrected chi connectivity index (χ3v) is 4.33. The molecule has 2 amide bonds. The van der Waals surface area contributed by atoms with Gasteiger partial charge >= 0.3 is 23.7 Å². The largest absolute Gasteiger partial charge is 0.396 e. The van der Waals surface area contributed by atoms with E-state index >= 15 is 0 Å². The molecule has 0 atom stereocenters. The van der Waals surface area contributed by atoms with Crippen molar-refractivity contribution in [3.05, 3.63) is 67.8 Å². The maximum atomic E-state index is 14.3. The highest BCUT2D eigenvalue weighted by molar-refractivity contribution is 6.06. The fourth-order valence-electron chi connectivity index (χ4n) is 2.40. The molecule has 0 fully saturated rings. The molecule has 0 aliphatic heterocycles. The van der Waals surface area contributed by atoms with Crippen molar-refractivity contribution in [3.63, 3.8) is 0 Å². The first-order valence-corrected chi connectivity index (χ1v) is 8.57. The third kappa shape index (κ3) is 4.63. The van der Waals surface area contributed by atoms with Gasteiger partial charge in [-0.05, 0) is 25.0 Å². The average molecular weight is 458 g/mol. The number of anilines is 2. The van der Waals surface area contributed by atoms with Crippen molar-refractivity contribution in [2.45, 2.75) is 25.7 Å². The Hall–Kier alpha value is -4.10. The molecule has 0 aromatic heterocycles. The predicted octanol–water partition coefficient (Wildman–Crippen LogP) is 3.97. The Kier molecular flexibility index (Phi) is 6.47. The number of carbonyl (C=O) groups excluding carboxylic acids is 2. The lowest BCUT2D eigenvalue weighted by Gasteiger charge is -2.25. The Morgan fingerprint density at radius 1 is 0.750 bits per heavy atom. The van der Waals surface area contributed by atoms with Gasteiger partial charge in [-0.1, -0.05) is 12.1 Å². The van der Waals surface area contributed by atoms with Crippen molar-refractivity contribution < 1.29 is 37.0 Å². The predicted molar refractivity (Wildman–Crippen MR) is 103 cm³/mol. The highest BCUT2D eigenvalue weighted by atomic mass is 19.3. The van der Waals surface area contributed by atoms with Crippen LogP contribution in [0.4, 0.5) is 40.3 Å². The van der Waals surface area contributed by atoms with Crippen LogP contribution in [-0.4, -0.2) is 33.5 Å². The maximum absolute atomic E-state index is 14.3. The zero-order valence-corrected chi connectivity index (χ0v) is 16.3. The van der Waals surface area contributed by atoms with Crippen LogP contribution in [0.3, 0.4) is 0 Å². The van der Waals surface area contributed by atoms with Gasteiger partial charge in [-0.15, -0.1) is 0 Å². The van der Waals surface area contributed by atoms with Gasteiger partial charge in [-0.3, -0.25) is 29.8 Å². The smallest absolute Gasteiger partial charge is 0.320 e. The van der Waals surface area contributed by atoms with Crippen LogP contribution < -0.4 is 10.6 Å². The molecule has 0 aliphatic rings. The van der Waals surface area contributed by atoms with E-state index in [4.69, 9.17) is 0 Å². The fraction of sp³-hybridized carbons (Fsp3) is 0.222. The van der Waals surface area contributed by atoms with E-state index in [1.807, 2.05) is 0 Å². The Labute approximate surface area is 176 Å². The molecule has 0 spiro atoms. The molecule has 0 unspecified atom stereocenters. The second kappa shape index (κ2) is 8.56. The van der Waals surface area contributed by atoms with Gasteiger partial charge in [0.05, 0.1) is 21.2 Å². The summed E-state index contributed by atoms with van der Waals surface area (Å²) in [5.74, 6) is -16.3. The number of amides is 2. The van der Waals surface area contributed by atoms with Gasteiger partial charge in [-0.2, -0.15) is 17.6 Å². The molecule has 0 radical (unpaired) electrons. The number of rotatable bonds is 7. The summed E-state index contributed by atoms with van der Waals surface area (Å²) in [5.41, 5.74) is -2.15. The number of alkyl halides is 4. The Morgan fingerprint density at radius 3 is 1.34 bits per heavy atom. The normalized spacial score (nSPS) is 11.6. The minimum Gasteiger partial charge on any atom is -0.320 e. The molecule has 2 aromatic rings. The highest BCUT2D eigenvalue weighted by Crippen LogP contribution is 2.37. The van der Waals surface area contributed by atoms with Crippen LogP contribution in [0, 0.1) is 34.1 Å². The minimum absolute atomic E-state index is 0.0553. The monoisotopic (exact) mass is 458 g/mol. The summed E-state index contributed by atoms with van der Waals surface area (Å²) in [6.45, 7) is 2.54. The number of nitrogens with one attached hydrogen (secondary N) is 2. The number of halogens is 4. The Morgan fingerprint density at radius 2 is 1.06 bits per heavy atom. The molecule has 0 bridgehead atoms. The van der Waals surface area contributed by atoms with Crippen molar-refractivity contribution in [3.8, 4) is 0 Å². The SMILES string of the molecule is Cc1ccc([N+](=O)[O-])cc1NC(=O)C(F)(F)C(F)(F)C(=O)Nc1cc([N+](=O)[O-])ccc1C. The second-order valence-electron chi connectivity index (χ2n) is 6.57. The Balaban J connectivity index is 2.30. The lowest BCUT2D eigenvalue weighted by Crippen LogP contribution is -2.56. The number of hydrogen-bond acceptors (Lipinski definition) is 6. The number of nitro benzene ring substituents is 2. The van der Waals surface area contributed by atoms with Crippen LogP contribution in [0.2, 0.25) is 0 Å². The Bertz CT molecular complexity index is 1040. The number of carbonyl (C=O) groups is 2. The fourth-order valence-corrected chi connectivity index (χ4v) is 2.40. The highest BCUT2D eigenvalue weighted by Gasteiger charge is 2.67. The van der Waals surface area contributed by atoms with Crippen molar-refractivity contribution in [2.75, 3.05) is 10.6 Å². The molecule has 10 nitrogen and oxygen atoms in total. The molecule has 32 heavy (non-hydrogen) atoms. The zero-order valence-electron chi connectivity index (χ0n) is 16.3. The van der Waals surface area contributed by atoms with Gasteiger partial charge in [-0.25, -0.2) is 0 Å². The van der Waals surface area contributed by atoms with E-state index in [0.29, 0.717) is 12.1 Å². The van der Waals surface area contributed by atoms with Gasteiger partial charge in [0.2, 0.25) is 0 Å². The third-order valence-electron chi connectivity index (χ3n) is 4.33. The van der Waals surface area contributed by atoms with E-state index < -0.39 is 56.3 Å². The number of non-ortho nitro benzene ring substituents is 2. The van der Waals surface area contributed by atoms with E-state index in [9.17, 15) is 47.4 Å². The molecule has 14 heteroatoms. The molecule has 2 rings (SSSR count). The van der Waals surface area contributed by atoms with Crippen molar-refractivity contribution in [1.29, 1.82) is 0 Å². The summed E-state index contributed by atoms with van der Waals surface area (Å²) < 4.78 is 57.1. The van der Waals surface area contributed by atoms with Crippen LogP contribution in [-0.2, 0) is 9.59 Å². The van der Waals surface area contributed by atoms with E-state index in [1.54, 1.807) is 0 Å². The van der Waals surface area contributed by atoms with Crippen molar-refractivity contribution in [1.82, 2.24) is 0 Å². The molecule has 0 aliphatic carbocycles. The molecule has 0 saturated carbocycles. The average Bonchev–Trinajstić information content (AvgIpc) is 2.70. The van der Waals surface area contributed by atoms with Crippen molar-refractivity contribution in [2.24, 2.45) is 0 Å². The first kappa shape index (κ1) is 24.2. The van der Waals surface area contributed by atoms with Crippen LogP contribution in [0.15, 0.2) is 36.4 Å². The van der Waals surface area contributed by atoms with E-state index in [0.717, 1.165) is 24.3 Å². The number of hydrogen-bond donors (Lipinski definition) is 2. The van der Waals surface area contributed by atoms with Gasteiger partial charge in [0.1, 0.15) is 0 Å². The number of nitrogens with zero attached hydrogens (tertiary/aromatic N) is 2.